The van der Waals surface area contributed by atoms with Gasteiger partial charge in [0, 0.05) is 18.2 Å². The van der Waals surface area contributed by atoms with Gasteiger partial charge in [-0.3, -0.25) is 19.2 Å². The molecule has 0 radical (unpaired) electrons. The summed E-state index contributed by atoms with van der Waals surface area (Å²) in [7, 11) is 0. The third-order valence-corrected chi connectivity index (χ3v) is 8.53. The lowest BCUT2D eigenvalue weighted by molar-refractivity contribution is -0.148. The van der Waals surface area contributed by atoms with Gasteiger partial charge in [-0.05, 0) is 50.3 Å². The van der Waals surface area contributed by atoms with Gasteiger partial charge in [-0.1, -0.05) is 61.5 Å². The molecule has 0 aromatic heterocycles. The molecule has 2 unspecified atom stereocenters. The molecule has 1 heterocycles. The quantitative estimate of drug-likeness (QED) is 0.329. The van der Waals surface area contributed by atoms with Crippen LogP contribution in [0.15, 0.2) is 54.6 Å². The molecule has 1 saturated heterocycles. The van der Waals surface area contributed by atoms with Gasteiger partial charge in [0.1, 0.15) is 12.1 Å². The maximum atomic E-state index is 13.8. The lowest BCUT2D eigenvalue weighted by atomic mass is 9.96. The molecule has 4 atom stereocenters. The molecule has 1 aliphatic heterocycles. The van der Waals surface area contributed by atoms with E-state index in [1.807, 2.05) is 75.4 Å². The highest BCUT2D eigenvalue weighted by molar-refractivity contribution is 8.00. The number of carbonyl (C=O) groups is 4. The highest BCUT2D eigenvalue weighted by Gasteiger charge is 2.49. The second-order valence-electron chi connectivity index (χ2n) is 10.6. The first-order chi connectivity index (χ1) is 18.9. The monoisotopic (exact) mass is 568 g/mol. The second kappa shape index (κ2) is 13.8. The maximum Gasteiger partial charge on any atom is 0.254 e. The summed E-state index contributed by atoms with van der Waals surface area (Å²) in [5, 5.41) is 19.7. The summed E-state index contributed by atoms with van der Waals surface area (Å²) in [6, 6.07) is 14.4. The van der Waals surface area contributed by atoms with Gasteiger partial charge in [-0.2, -0.15) is 0 Å². The van der Waals surface area contributed by atoms with Gasteiger partial charge in [-0.15, -0.1) is 11.8 Å². The number of aryl methyl sites for hydroxylation is 1. The zero-order chi connectivity index (χ0) is 29.4. The van der Waals surface area contributed by atoms with E-state index in [0.29, 0.717) is 13.0 Å². The summed E-state index contributed by atoms with van der Waals surface area (Å²) in [5.74, 6) is -1.56. The van der Waals surface area contributed by atoms with E-state index in [0.717, 1.165) is 16.7 Å². The first kappa shape index (κ1) is 31.2. The molecule has 3 rings (SSSR count). The van der Waals surface area contributed by atoms with Gasteiger partial charge < -0.3 is 26.0 Å². The molecule has 0 bridgehead atoms. The van der Waals surface area contributed by atoms with Crippen LogP contribution in [-0.2, 0) is 32.1 Å². The minimum atomic E-state index is -1.61. The number of rotatable bonds is 11. The molecule has 2 aromatic rings. The van der Waals surface area contributed by atoms with E-state index in [4.69, 9.17) is 0 Å². The number of nitrogens with zero attached hydrogens (tertiary/aromatic N) is 1. The summed E-state index contributed by atoms with van der Waals surface area (Å²) < 4.78 is -0.595. The Morgan fingerprint density at radius 1 is 1.05 bits per heavy atom. The molecule has 4 amide bonds. The summed E-state index contributed by atoms with van der Waals surface area (Å²) in [4.78, 5) is 53.3. The Morgan fingerprint density at radius 3 is 2.33 bits per heavy atom. The van der Waals surface area contributed by atoms with Gasteiger partial charge in [-0.25, -0.2) is 0 Å². The van der Waals surface area contributed by atoms with Crippen molar-refractivity contribution in [2.75, 3.05) is 5.88 Å². The van der Waals surface area contributed by atoms with Gasteiger partial charge in [0.25, 0.3) is 5.91 Å². The summed E-state index contributed by atoms with van der Waals surface area (Å²) in [6.07, 6.45) is -1.09. The SMILES string of the molecule is CCC(NC(C)=O)C(=O)N[C@@H](Cc1ccccc1)[C@H](O)C(=O)N1CSC(C)(C)C1C(=O)NCc1ccccc1C. The van der Waals surface area contributed by atoms with E-state index in [9.17, 15) is 24.3 Å². The number of hydrogen-bond acceptors (Lipinski definition) is 6. The number of carbonyl (C=O) groups excluding carboxylic acids is 4. The van der Waals surface area contributed by atoms with Crippen molar-refractivity contribution in [2.24, 2.45) is 0 Å². The van der Waals surface area contributed by atoms with Crippen LogP contribution in [0, 0.1) is 6.92 Å². The molecule has 2 aromatic carbocycles. The van der Waals surface area contributed by atoms with Gasteiger partial charge in [0.2, 0.25) is 17.7 Å². The minimum absolute atomic E-state index is 0.185. The fourth-order valence-corrected chi connectivity index (χ4v) is 5.97. The van der Waals surface area contributed by atoms with E-state index < -0.39 is 40.8 Å². The van der Waals surface area contributed by atoms with E-state index in [2.05, 4.69) is 16.0 Å². The van der Waals surface area contributed by atoms with Crippen LogP contribution in [0.25, 0.3) is 0 Å². The van der Waals surface area contributed by atoms with E-state index >= 15 is 0 Å². The summed E-state index contributed by atoms with van der Waals surface area (Å²) >= 11 is 1.46. The Bertz CT molecular complexity index is 1210. The number of nitrogens with one attached hydrogen (secondary N) is 3. The lowest BCUT2D eigenvalue weighted by Gasteiger charge is -2.33. The average molecular weight is 569 g/mol. The molecule has 9 nitrogen and oxygen atoms in total. The van der Waals surface area contributed by atoms with E-state index in [1.54, 1.807) is 6.92 Å². The van der Waals surface area contributed by atoms with Crippen LogP contribution in [0.1, 0.15) is 50.8 Å². The van der Waals surface area contributed by atoms with Crippen LogP contribution < -0.4 is 16.0 Å². The number of thioether (sulfide) groups is 1. The van der Waals surface area contributed by atoms with Crippen molar-refractivity contribution >= 4 is 35.4 Å². The first-order valence-electron chi connectivity index (χ1n) is 13.5. The standard InChI is InChI=1S/C30H40N4O5S/c1-6-23(32-20(3)35)27(37)33-24(16-21-13-8-7-9-14-21)25(36)29(39)34-18-40-30(4,5)26(34)28(38)31-17-22-15-11-10-12-19(22)2/h7-15,23-26,36H,6,16-18H2,1-5H3,(H,31,38)(H,32,35)(H,33,37)/t23?,24-,25-,26?/m0/s1. The van der Waals surface area contributed by atoms with Crippen LogP contribution in [0.5, 0.6) is 0 Å². The summed E-state index contributed by atoms with van der Waals surface area (Å²) in [6.45, 7) is 9.18. The van der Waals surface area contributed by atoms with Crippen molar-refractivity contribution in [2.45, 2.75) is 83.0 Å². The third kappa shape index (κ3) is 7.85. The average Bonchev–Trinajstić information content (AvgIpc) is 3.25. The number of amides is 4. The molecule has 40 heavy (non-hydrogen) atoms. The topological polar surface area (TPSA) is 128 Å². The normalized spacial score (nSPS) is 18.4. The molecule has 0 aliphatic carbocycles. The highest BCUT2D eigenvalue weighted by Crippen LogP contribution is 2.40. The predicted molar refractivity (Wildman–Crippen MR) is 156 cm³/mol. The second-order valence-corrected chi connectivity index (χ2v) is 12.2. The fourth-order valence-electron chi connectivity index (χ4n) is 4.83. The van der Waals surface area contributed by atoms with Crippen molar-refractivity contribution < 1.29 is 24.3 Å². The van der Waals surface area contributed by atoms with E-state index in [1.165, 1.54) is 23.6 Å². The Balaban J connectivity index is 1.81. The number of hydrogen-bond donors (Lipinski definition) is 4. The Labute approximate surface area is 240 Å². The van der Waals surface area contributed by atoms with Crippen molar-refractivity contribution in [1.82, 2.24) is 20.9 Å². The molecular weight excluding hydrogens is 528 g/mol. The highest BCUT2D eigenvalue weighted by atomic mass is 32.2. The largest absolute Gasteiger partial charge is 0.381 e. The zero-order valence-electron chi connectivity index (χ0n) is 23.8. The first-order valence-corrected chi connectivity index (χ1v) is 14.5. The number of aliphatic hydroxyl groups is 1. The molecule has 216 valence electrons. The van der Waals surface area contributed by atoms with Gasteiger partial charge in [0.15, 0.2) is 6.10 Å². The molecule has 1 aliphatic rings. The maximum absolute atomic E-state index is 13.8. The molecule has 4 N–H and O–H groups in total. The fraction of sp³-hybridized carbons (Fsp3) is 0.467. The molecule has 0 saturated carbocycles. The van der Waals surface area contributed by atoms with Gasteiger partial charge >= 0.3 is 0 Å². The van der Waals surface area contributed by atoms with Crippen molar-refractivity contribution in [1.29, 1.82) is 0 Å². The van der Waals surface area contributed by atoms with Crippen molar-refractivity contribution in [3.8, 4) is 0 Å². The Kier molecular flexibility index (Phi) is 10.8. The molecule has 1 fully saturated rings. The molecule has 0 spiro atoms. The summed E-state index contributed by atoms with van der Waals surface area (Å²) in [5.41, 5.74) is 2.85. The van der Waals surface area contributed by atoms with Crippen LogP contribution in [0.3, 0.4) is 0 Å². The smallest absolute Gasteiger partial charge is 0.254 e. The Hall–Kier alpha value is -3.37. The Morgan fingerprint density at radius 2 is 1.70 bits per heavy atom. The third-order valence-electron chi connectivity index (χ3n) is 7.15. The van der Waals surface area contributed by atoms with Crippen LogP contribution in [0.4, 0.5) is 0 Å². The van der Waals surface area contributed by atoms with Gasteiger partial charge in [0.05, 0.1) is 11.9 Å². The number of aliphatic hydroxyl groups excluding tert-OH is 1. The van der Waals surface area contributed by atoms with Crippen LogP contribution >= 0.6 is 11.8 Å². The van der Waals surface area contributed by atoms with Crippen LogP contribution in [-0.4, -0.2) is 68.5 Å². The lowest BCUT2D eigenvalue weighted by Crippen LogP contribution is -2.60. The molecular formula is C30H40N4O5S. The van der Waals surface area contributed by atoms with Crippen molar-refractivity contribution in [3.63, 3.8) is 0 Å². The predicted octanol–water partition coefficient (Wildman–Crippen LogP) is 2.29. The minimum Gasteiger partial charge on any atom is -0.381 e. The van der Waals surface area contributed by atoms with Crippen LogP contribution in [0.2, 0.25) is 0 Å². The van der Waals surface area contributed by atoms with E-state index in [-0.39, 0.29) is 24.1 Å². The molecule has 10 heteroatoms. The number of benzene rings is 2. The zero-order valence-corrected chi connectivity index (χ0v) is 24.6. The van der Waals surface area contributed by atoms with Crippen molar-refractivity contribution in [3.05, 3.63) is 71.3 Å².